The van der Waals surface area contributed by atoms with Crippen molar-refractivity contribution in [3.8, 4) is 5.88 Å². The van der Waals surface area contributed by atoms with Crippen molar-refractivity contribution in [3.05, 3.63) is 47.6 Å². The summed E-state index contributed by atoms with van der Waals surface area (Å²) in [7, 11) is -2.33. The SMILES string of the molecule is COc1ccc(NC(=O)[C@@]23C[C@@H]2CN(c2ccc(Cl)cc2)S3(=O)=O)cn1. The van der Waals surface area contributed by atoms with Gasteiger partial charge in [-0.1, -0.05) is 11.6 Å². The molecule has 0 radical (unpaired) electrons. The molecular formula is C17H16ClN3O4S. The van der Waals surface area contributed by atoms with Gasteiger partial charge in [-0.15, -0.1) is 0 Å². The topological polar surface area (TPSA) is 88.6 Å². The first-order valence-electron chi connectivity index (χ1n) is 7.98. The fraction of sp³-hybridized carbons (Fsp3) is 0.294. The average molecular weight is 394 g/mol. The molecule has 4 rings (SSSR count). The smallest absolute Gasteiger partial charge is 0.250 e. The van der Waals surface area contributed by atoms with Gasteiger partial charge in [-0.25, -0.2) is 13.4 Å². The van der Waals surface area contributed by atoms with Crippen LogP contribution in [-0.4, -0.2) is 37.7 Å². The largest absolute Gasteiger partial charge is 0.481 e. The Morgan fingerprint density at radius 1 is 1.31 bits per heavy atom. The number of nitrogens with one attached hydrogen (secondary N) is 1. The van der Waals surface area contributed by atoms with E-state index in [9.17, 15) is 13.2 Å². The summed E-state index contributed by atoms with van der Waals surface area (Å²) in [5.74, 6) is -0.340. The van der Waals surface area contributed by atoms with Crippen LogP contribution in [0.25, 0.3) is 0 Å². The molecule has 0 bridgehead atoms. The van der Waals surface area contributed by atoms with E-state index in [1.54, 1.807) is 36.4 Å². The first-order valence-corrected chi connectivity index (χ1v) is 9.79. The molecule has 0 spiro atoms. The van der Waals surface area contributed by atoms with Gasteiger partial charge in [-0.2, -0.15) is 0 Å². The van der Waals surface area contributed by atoms with Gasteiger partial charge in [0.05, 0.1) is 24.7 Å². The van der Waals surface area contributed by atoms with Crippen LogP contribution in [0.5, 0.6) is 5.88 Å². The minimum atomic E-state index is -3.82. The maximum absolute atomic E-state index is 13.1. The Balaban J connectivity index is 1.58. The van der Waals surface area contributed by atoms with Crippen LogP contribution in [0.15, 0.2) is 42.6 Å². The highest BCUT2D eigenvalue weighted by Crippen LogP contribution is 2.58. The molecule has 2 aromatic rings. The van der Waals surface area contributed by atoms with Crippen molar-refractivity contribution in [1.29, 1.82) is 0 Å². The van der Waals surface area contributed by atoms with Crippen molar-refractivity contribution < 1.29 is 17.9 Å². The number of carbonyl (C=O) groups is 1. The van der Waals surface area contributed by atoms with E-state index in [0.29, 0.717) is 28.7 Å². The minimum absolute atomic E-state index is 0.227. The molecule has 1 saturated heterocycles. The van der Waals surface area contributed by atoms with Crippen LogP contribution in [0, 0.1) is 5.92 Å². The highest BCUT2D eigenvalue weighted by atomic mass is 35.5. The molecule has 2 atom stereocenters. The number of ether oxygens (including phenoxy) is 1. The molecule has 2 fully saturated rings. The quantitative estimate of drug-likeness (QED) is 0.860. The maximum atomic E-state index is 13.1. The first kappa shape index (κ1) is 17.1. The third kappa shape index (κ3) is 2.44. The molecule has 1 aromatic heterocycles. The van der Waals surface area contributed by atoms with Gasteiger partial charge in [0.2, 0.25) is 21.8 Å². The molecule has 2 aliphatic rings. The number of carbonyl (C=O) groups excluding carboxylic acids is 1. The van der Waals surface area contributed by atoms with Crippen LogP contribution in [-0.2, 0) is 14.8 Å². The summed E-state index contributed by atoms with van der Waals surface area (Å²) in [4.78, 5) is 16.8. The number of halogens is 1. The number of anilines is 2. The van der Waals surface area contributed by atoms with Crippen molar-refractivity contribution in [2.75, 3.05) is 23.3 Å². The van der Waals surface area contributed by atoms with E-state index in [-0.39, 0.29) is 12.5 Å². The summed E-state index contributed by atoms with van der Waals surface area (Å²) >= 11 is 5.87. The highest BCUT2D eigenvalue weighted by Gasteiger charge is 2.75. The van der Waals surface area contributed by atoms with Crippen molar-refractivity contribution in [1.82, 2.24) is 4.98 Å². The number of pyridine rings is 1. The molecule has 1 aliphatic carbocycles. The van der Waals surface area contributed by atoms with E-state index >= 15 is 0 Å². The van der Waals surface area contributed by atoms with Crippen molar-refractivity contribution in [2.45, 2.75) is 11.2 Å². The molecule has 26 heavy (non-hydrogen) atoms. The zero-order valence-electron chi connectivity index (χ0n) is 13.8. The van der Waals surface area contributed by atoms with E-state index in [0.717, 1.165) is 0 Å². The Morgan fingerprint density at radius 2 is 2.04 bits per heavy atom. The van der Waals surface area contributed by atoms with Gasteiger partial charge in [-0.05, 0) is 36.8 Å². The third-order valence-corrected chi connectivity index (χ3v) is 7.69. The lowest BCUT2D eigenvalue weighted by molar-refractivity contribution is -0.116. The summed E-state index contributed by atoms with van der Waals surface area (Å²) in [6.45, 7) is 0.290. The number of benzene rings is 1. The van der Waals surface area contributed by atoms with E-state index in [4.69, 9.17) is 16.3 Å². The third-order valence-electron chi connectivity index (χ3n) is 4.89. The molecule has 1 aromatic carbocycles. The predicted molar refractivity (Wildman–Crippen MR) is 98.0 cm³/mol. The van der Waals surface area contributed by atoms with E-state index < -0.39 is 20.7 Å². The van der Waals surface area contributed by atoms with Crippen molar-refractivity contribution >= 4 is 38.9 Å². The van der Waals surface area contributed by atoms with E-state index in [2.05, 4.69) is 10.3 Å². The zero-order chi connectivity index (χ0) is 18.5. The number of amides is 1. The second-order valence-electron chi connectivity index (χ2n) is 6.35. The number of hydrogen-bond acceptors (Lipinski definition) is 5. The number of sulfonamides is 1. The molecular weight excluding hydrogens is 378 g/mol. The zero-order valence-corrected chi connectivity index (χ0v) is 15.4. The van der Waals surface area contributed by atoms with Gasteiger partial charge in [0.25, 0.3) is 0 Å². The molecule has 7 nitrogen and oxygen atoms in total. The molecule has 136 valence electrons. The monoisotopic (exact) mass is 393 g/mol. The fourth-order valence-electron chi connectivity index (χ4n) is 3.39. The fourth-order valence-corrected chi connectivity index (χ4v) is 5.88. The number of nitrogens with zero attached hydrogens (tertiary/aromatic N) is 2. The second kappa shape index (κ2) is 5.85. The van der Waals surface area contributed by atoms with Crippen LogP contribution >= 0.6 is 11.6 Å². The maximum Gasteiger partial charge on any atom is 0.250 e. The molecule has 1 saturated carbocycles. The molecule has 1 N–H and O–H groups in total. The van der Waals surface area contributed by atoms with Crippen LogP contribution < -0.4 is 14.4 Å². The number of fused-ring (bicyclic) bond motifs is 1. The molecule has 2 heterocycles. The van der Waals surface area contributed by atoms with Crippen molar-refractivity contribution in [3.63, 3.8) is 0 Å². The number of rotatable bonds is 4. The van der Waals surface area contributed by atoms with Crippen LogP contribution in [0.4, 0.5) is 11.4 Å². The molecule has 9 heteroatoms. The lowest BCUT2D eigenvalue weighted by Gasteiger charge is -2.23. The van der Waals surface area contributed by atoms with Gasteiger partial charge in [0, 0.05) is 23.6 Å². The minimum Gasteiger partial charge on any atom is -0.481 e. The Kier molecular flexibility index (Phi) is 3.85. The lowest BCUT2D eigenvalue weighted by atomic mass is 10.2. The van der Waals surface area contributed by atoms with Gasteiger partial charge in [0.1, 0.15) is 0 Å². The first-order chi connectivity index (χ1) is 12.4. The Morgan fingerprint density at radius 3 is 2.65 bits per heavy atom. The Bertz CT molecular complexity index is 963. The van der Waals surface area contributed by atoms with Crippen LogP contribution in [0.1, 0.15) is 6.42 Å². The molecule has 1 aliphatic heterocycles. The Hall–Kier alpha value is -2.32. The van der Waals surface area contributed by atoms with Gasteiger partial charge >= 0.3 is 0 Å². The van der Waals surface area contributed by atoms with Gasteiger partial charge < -0.3 is 10.1 Å². The van der Waals surface area contributed by atoms with E-state index in [1.165, 1.54) is 17.6 Å². The summed E-state index contributed by atoms with van der Waals surface area (Å²) in [5.41, 5.74) is 0.941. The van der Waals surface area contributed by atoms with Gasteiger partial charge in [-0.3, -0.25) is 9.10 Å². The van der Waals surface area contributed by atoms with Crippen LogP contribution in [0.3, 0.4) is 0 Å². The van der Waals surface area contributed by atoms with Crippen molar-refractivity contribution in [2.24, 2.45) is 5.92 Å². The number of hydrogen-bond donors (Lipinski definition) is 1. The lowest BCUT2D eigenvalue weighted by Crippen LogP contribution is -2.42. The molecule has 1 amide bonds. The van der Waals surface area contributed by atoms with Crippen LogP contribution in [0.2, 0.25) is 5.02 Å². The average Bonchev–Trinajstić information content (AvgIpc) is 3.32. The summed E-state index contributed by atoms with van der Waals surface area (Å²) in [6, 6.07) is 9.77. The predicted octanol–water partition coefficient (Wildman–Crippen LogP) is 2.29. The normalized spacial score (nSPS) is 25.5. The number of aromatic nitrogens is 1. The highest BCUT2D eigenvalue weighted by molar-refractivity contribution is 7.95. The standard InChI is InChI=1S/C17H16ClN3O4S/c1-25-15-7-4-13(9-19-15)20-16(22)17-8-11(17)10-21(26(17,23)24)14-5-2-12(18)3-6-14/h2-7,9,11H,8,10H2,1H3,(H,20,22)/t11-,17-/m1/s1. The Labute approximate surface area is 156 Å². The summed E-state index contributed by atoms with van der Waals surface area (Å²) in [5, 5.41) is 3.19. The summed E-state index contributed by atoms with van der Waals surface area (Å²) in [6.07, 6.45) is 1.76. The van der Waals surface area contributed by atoms with E-state index in [1.807, 2.05) is 0 Å². The summed E-state index contributed by atoms with van der Waals surface area (Å²) < 4.78 is 31.0. The van der Waals surface area contributed by atoms with Gasteiger partial charge in [0.15, 0.2) is 4.75 Å². The molecule has 0 unspecified atom stereocenters. The second-order valence-corrected chi connectivity index (χ2v) is 8.90. The number of methoxy groups -OCH3 is 1.